The highest BCUT2D eigenvalue weighted by atomic mass is 16.5. The number of likely N-dealkylation sites (N-methyl/N-ethyl adjacent to an activating group) is 1. The number of rotatable bonds is 6. The smallest absolute Gasteiger partial charge is 0.133 e. The molecule has 156 valence electrons. The average Bonchev–Trinajstić information content (AvgIpc) is 3.42. The Balaban J connectivity index is 1.35. The lowest BCUT2D eigenvalue weighted by molar-refractivity contribution is 0.215. The molecule has 5 rings (SSSR count). The number of aromatic nitrogens is 2. The summed E-state index contributed by atoms with van der Waals surface area (Å²) in [6, 6.07) is 18.6. The normalized spacial score (nSPS) is 18.8. The first-order chi connectivity index (χ1) is 14.8. The SMILES string of the molecule is CCN1CCCC(c2nn(-c3ccc(OCc4ccccc4)cc3)c3c2CCN3)C1. The number of likely N-dealkylation sites (tertiary alicyclic amines) is 1. The average molecular weight is 403 g/mol. The molecule has 1 atom stereocenters. The second kappa shape index (κ2) is 8.52. The molecule has 5 nitrogen and oxygen atoms in total. The van der Waals surface area contributed by atoms with Crippen LogP contribution in [0.5, 0.6) is 5.75 Å². The maximum atomic E-state index is 5.95. The Morgan fingerprint density at radius 3 is 2.73 bits per heavy atom. The minimum absolute atomic E-state index is 0.544. The van der Waals surface area contributed by atoms with Crippen molar-refractivity contribution in [3.63, 3.8) is 0 Å². The van der Waals surface area contributed by atoms with E-state index in [0.29, 0.717) is 12.5 Å². The van der Waals surface area contributed by atoms with Crippen LogP contribution in [-0.4, -0.2) is 40.9 Å². The van der Waals surface area contributed by atoms with Gasteiger partial charge in [-0.15, -0.1) is 0 Å². The third-order valence-corrected chi connectivity index (χ3v) is 6.35. The molecule has 1 aromatic heterocycles. The predicted octanol–water partition coefficient (Wildman–Crippen LogP) is 4.62. The van der Waals surface area contributed by atoms with Gasteiger partial charge in [0.2, 0.25) is 0 Å². The maximum Gasteiger partial charge on any atom is 0.133 e. The number of hydrogen-bond acceptors (Lipinski definition) is 4. The van der Waals surface area contributed by atoms with Gasteiger partial charge in [-0.3, -0.25) is 0 Å². The van der Waals surface area contributed by atoms with Crippen LogP contribution in [0.4, 0.5) is 5.82 Å². The van der Waals surface area contributed by atoms with Crippen LogP contribution < -0.4 is 10.1 Å². The van der Waals surface area contributed by atoms with Crippen LogP contribution in [0, 0.1) is 0 Å². The van der Waals surface area contributed by atoms with Gasteiger partial charge in [0.05, 0.1) is 11.4 Å². The Kier molecular flexibility index (Phi) is 5.45. The van der Waals surface area contributed by atoms with Gasteiger partial charge in [-0.1, -0.05) is 37.3 Å². The van der Waals surface area contributed by atoms with Gasteiger partial charge in [0.15, 0.2) is 0 Å². The molecule has 3 heterocycles. The van der Waals surface area contributed by atoms with Gasteiger partial charge in [0.25, 0.3) is 0 Å². The van der Waals surface area contributed by atoms with Crippen LogP contribution >= 0.6 is 0 Å². The largest absolute Gasteiger partial charge is 0.489 e. The minimum atomic E-state index is 0.544. The molecule has 1 N–H and O–H groups in total. The van der Waals surface area contributed by atoms with E-state index in [4.69, 9.17) is 9.84 Å². The van der Waals surface area contributed by atoms with Crippen LogP contribution in [0.2, 0.25) is 0 Å². The fraction of sp³-hybridized carbons (Fsp3) is 0.400. The van der Waals surface area contributed by atoms with Gasteiger partial charge in [-0.2, -0.15) is 5.10 Å². The van der Waals surface area contributed by atoms with E-state index in [9.17, 15) is 0 Å². The van der Waals surface area contributed by atoms with Gasteiger partial charge in [0, 0.05) is 24.6 Å². The summed E-state index contributed by atoms with van der Waals surface area (Å²) in [5, 5.41) is 8.67. The number of ether oxygens (including phenoxy) is 1. The topological polar surface area (TPSA) is 42.3 Å². The summed E-state index contributed by atoms with van der Waals surface area (Å²) in [4.78, 5) is 2.56. The van der Waals surface area contributed by atoms with E-state index in [-0.39, 0.29) is 0 Å². The third kappa shape index (κ3) is 3.82. The van der Waals surface area contributed by atoms with Gasteiger partial charge in [0.1, 0.15) is 18.2 Å². The quantitative estimate of drug-likeness (QED) is 0.653. The molecule has 2 aromatic carbocycles. The molecule has 3 aromatic rings. The molecule has 5 heteroatoms. The van der Waals surface area contributed by atoms with Crippen molar-refractivity contribution in [3.05, 3.63) is 71.4 Å². The standard InChI is InChI=1S/C25H30N4O/c1-2-28-16-6-9-20(17-28)24-23-14-15-26-25(23)29(27-24)21-10-12-22(13-11-21)30-18-19-7-4-3-5-8-19/h3-5,7-8,10-13,20,26H,2,6,9,14-18H2,1H3. The van der Waals surface area contributed by atoms with E-state index in [1.165, 1.54) is 42.0 Å². The number of nitrogens with one attached hydrogen (secondary N) is 1. The molecule has 0 spiro atoms. The predicted molar refractivity (Wildman–Crippen MR) is 121 cm³/mol. The lowest BCUT2D eigenvalue weighted by Crippen LogP contribution is -2.34. The lowest BCUT2D eigenvalue weighted by Gasteiger charge is -2.31. The zero-order valence-electron chi connectivity index (χ0n) is 17.7. The first-order valence-corrected chi connectivity index (χ1v) is 11.2. The van der Waals surface area contributed by atoms with Crippen LogP contribution in [0.3, 0.4) is 0 Å². The zero-order chi connectivity index (χ0) is 20.3. The Morgan fingerprint density at radius 1 is 1.10 bits per heavy atom. The number of piperidine rings is 1. The molecular weight excluding hydrogens is 372 g/mol. The molecule has 1 unspecified atom stereocenters. The van der Waals surface area contributed by atoms with E-state index in [2.05, 4.69) is 46.1 Å². The highest BCUT2D eigenvalue weighted by Crippen LogP contribution is 2.36. The van der Waals surface area contributed by atoms with Gasteiger partial charge in [-0.05, 0) is 62.2 Å². The van der Waals surface area contributed by atoms with E-state index in [1.807, 2.05) is 30.3 Å². The molecule has 1 fully saturated rings. The van der Waals surface area contributed by atoms with Crippen LogP contribution in [0.1, 0.15) is 42.5 Å². The molecular formula is C25H30N4O. The number of benzene rings is 2. The second-order valence-electron chi connectivity index (χ2n) is 8.30. The summed E-state index contributed by atoms with van der Waals surface area (Å²) in [6.07, 6.45) is 3.58. The molecule has 1 saturated heterocycles. The maximum absolute atomic E-state index is 5.95. The minimum Gasteiger partial charge on any atom is -0.489 e. The molecule has 30 heavy (non-hydrogen) atoms. The van der Waals surface area contributed by atoms with E-state index in [1.54, 1.807) is 0 Å². The van der Waals surface area contributed by atoms with Crippen molar-refractivity contribution in [1.82, 2.24) is 14.7 Å². The molecule has 0 aliphatic carbocycles. The molecule has 0 radical (unpaired) electrons. The van der Waals surface area contributed by atoms with Crippen LogP contribution in [-0.2, 0) is 13.0 Å². The van der Waals surface area contributed by atoms with Crippen molar-refractivity contribution < 1.29 is 4.74 Å². The van der Waals surface area contributed by atoms with Gasteiger partial charge in [-0.25, -0.2) is 4.68 Å². The summed E-state index contributed by atoms with van der Waals surface area (Å²) in [7, 11) is 0. The summed E-state index contributed by atoms with van der Waals surface area (Å²) < 4.78 is 8.05. The Labute approximate surface area is 178 Å². The number of anilines is 1. The first kappa shape index (κ1) is 19.2. The highest BCUT2D eigenvalue weighted by Gasteiger charge is 2.30. The molecule has 2 aliphatic heterocycles. The second-order valence-corrected chi connectivity index (χ2v) is 8.30. The van der Waals surface area contributed by atoms with Crippen molar-refractivity contribution in [2.24, 2.45) is 0 Å². The van der Waals surface area contributed by atoms with Crippen molar-refractivity contribution in [2.75, 3.05) is 31.5 Å². The van der Waals surface area contributed by atoms with Gasteiger partial charge >= 0.3 is 0 Å². The van der Waals surface area contributed by atoms with Crippen LogP contribution in [0.15, 0.2) is 54.6 Å². The van der Waals surface area contributed by atoms with Crippen molar-refractivity contribution >= 4 is 5.82 Å². The first-order valence-electron chi connectivity index (χ1n) is 11.2. The molecule has 0 amide bonds. The molecule has 0 bridgehead atoms. The zero-order valence-corrected chi connectivity index (χ0v) is 17.7. The van der Waals surface area contributed by atoms with Crippen molar-refractivity contribution in [3.8, 4) is 11.4 Å². The highest BCUT2D eigenvalue weighted by molar-refractivity contribution is 5.58. The molecule has 2 aliphatic rings. The summed E-state index contributed by atoms with van der Waals surface area (Å²) in [5.41, 5.74) is 4.98. The van der Waals surface area contributed by atoms with Gasteiger partial charge < -0.3 is 15.0 Å². The van der Waals surface area contributed by atoms with Crippen molar-refractivity contribution in [2.45, 2.75) is 38.7 Å². The van der Waals surface area contributed by atoms with Crippen LogP contribution in [0.25, 0.3) is 5.69 Å². The number of fused-ring (bicyclic) bond motifs is 1. The van der Waals surface area contributed by atoms with E-state index >= 15 is 0 Å². The monoisotopic (exact) mass is 402 g/mol. The van der Waals surface area contributed by atoms with Crippen molar-refractivity contribution in [1.29, 1.82) is 0 Å². The summed E-state index contributed by atoms with van der Waals surface area (Å²) in [6.45, 7) is 7.32. The van der Waals surface area contributed by atoms with E-state index < -0.39 is 0 Å². The fourth-order valence-electron chi connectivity index (χ4n) is 4.71. The molecule has 0 saturated carbocycles. The number of hydrogen-bond donors (Lipinski definition) is 1. The lowest BCUT2D eigenvalue weighted by atomic mass is 9.92. The fourth-order valence-corrected chi connectivity index (χ4v) is 4.71. The van der Waals surface area contributed by atoms with E-state index in [0.717, 1.165) is 37.5 Å². The Morgan fingerprint density at radius 2 is 1.93 bits per heavy atom. The Hall–Kier alpha value is -2.79. The third-order valence-electron chi connectivity index (χ3n) is 6.35. The number of nitrogens with zero attached hydrogens (tertiary/aromatic N) is 3. The Bertz CT molecular complexity index is 980. The summed E-state index contributed by atoms with van der Waals surface area (Å²) in [5.74, 6) is 2.60. The summed E-state index contributed by atoms with van der Waals surface area (Å²) >= 11 is 0.